The van der Waals surface area contributed by atoms with Crippen LogP contribution in [0.25, 0.3) is 0 Å². The maximum atomic E-state index is 12.6. The molecule has 0 saturated carbocycles. The molecule has 1 saturated heterocycles. The lowest BCUT2D eigenvalue weighted by atomic mass is 9.95. The molecule has 0 radical (unpaired) electrons. The highest BCUT2D eigenvalue weighted by Crippen LogP contribution is 2.28. The molecule has 112 valence electrons. The molecule has 0 unspecified atom stereocenters. The van der Waals surface area contributed by atoms with Crippen molar-refractivity contribution in [1.29, 1.82) is 0 Å². The number of rotatable bonds is 3. The van der Waals surface area contributed by atoms with Crippen LogP contribution >= 0.6 is 11.3 Å². The Labute approximate surface area is 128 Å². The number of aromatic nitrogens is 2. The second-order valence-electron chi connectivity index (χ2n) is 5.57. The summed E-state index contributed by atoms with van der Waals surface area (Å²) < 4.78 is 5.06. The minimum atomic E-state index is -0.0815. The zero-order valence-electron chi connectivity index (χ0n) is 12.3. The number of hydrogen-bond donors (Lipinski definition) is 0. The van der Waals surface area contributed by atoms with Gasteiger partial charge in [-0.3, -0.25) is 4.79 Å². The quantitative estimate of drug-likeness (QED) is 0.875. The fraction of sp³-hybridized carbons (Fsp3) is 0.533. The molecule has 2 atom stereocenters. The van der Waals surface area contributed by atoms with E-state index >= 15 is 0 Å². The average molecular weight is 305 g/mol. The zero-order valence-corrected chi connectivity index (χ0v) is 13.1. The molecule has 3 rings (SSSR count). The van der Waals surface area contributed by atoms with Crippen molar-refractivity contribution in [3.05, 3.63) is 34.1 Å². The second kappa shape index (κ2) is 5.97. The summed E-state index contributed by atoms with van der Waals surface area (Å²) in [5.74, 6) is 1.61. The van der Waals surface area contributed by atoms with Gasteiger partial charge in [-0.05, 0) is 42.2 Å². The van der Waals surface area contributed by atoms with Crippen molar-refractivity contribution < 1.29 is 9.32 Å². The summed E-state index contributed by atoms with van der Waals surface area (Å²) in [4.78, 5) is 18.9. The fourth-order valence-electron chi connectivity index (χ4n) is 2.81. The summed E-state index contributed by atoms with van der Waals surface area (Å²) in [5.41, 5.74) is 1.10. The van der Waals surface area contributed by atoms with E-state index in [-0.39, 0.29) is 17.7 Å². The van der Waals surface area contributed by atoms with E-state index in [1.165, 1.54) is 0 Å². The SMILES string of the molecule is Cc1nc([C@@H]2CCCN(C(=O)[C@H](C)c3ccsc3)C2)no1. The lowest BCUT2D eigenvalue weighted by Gasteiger charge is -2.33. The summed E-state index contributed by atoms with van der Waals surface area (Å²) in [6, 6.07) is 2.03. The molecule has 0 spiro atoms. The van der Waals surface area contributed by atoms with Gasteiger partial charge in [-0.1, -0.05) is 5.16 Å². The van der Waals surface area contributed by atoms with Gasteiger partial charge in [-0.2, -0.15) is 16.3 Å². The number of aryl methyl sites for hydroxylation is 1. The number of carbonyl (C=O) groups excluding carboxylic acids is 1. The molecule has 21 heavy (non-hydrogen) atoms. The Hall–Kier alpha value is -1.69. The standard InChI is InChI=1S/C15H19N3O2S/c1-10(13-5-7-21-9-13)15(19)18-6-3-4-12(8-18)14-16-11(2)20-17-14/h5,7,9-10,12H,3-4,6,8H2,1-2H3/t10-,12-/m1/s1. The third-order valence-electron chi connectivity index (χ3n) is 4.06. The number of likely N-dealkylation sites (tertiary alicyclic amines) is 1. The maximum Gasteiger partial charge on any atom is 0.229 e. The molecule has 2 aromatic heterocycles. The molecule has 1 aliphatic rings. The summed E-state index contributed by atoms with van der Waals surface area (Å²) >= 11 is 1.63. The maximum absolute atomic E-state index is 12.6. The molecule has 0 bridgehead atoms. The first kappa shape index (κ1) is 14.3. The van der Waals surface area contributed by atoms with Crippen molar-refractivity contribution in [1.82, 2.24) is 15.0 Å². The first-order chi connectivity index (χ1) is 10.1. The lowest BCUT2D eigenvalue weighted by Crippen LogP contribution is -2.41. The van der Waals surface area contributed by atoms with Gasteiger partial charge in [0.1, 0.15) is 0 Å². The Balaban J connectivity index is 1.69. The van der Waals surface area contributed by atoms with Crippen LogP contribution in [-0.4, -0.2) is 34.0 Å². The Kier molecular flexibility index (Phi) is 4.05. The van der Waals surface area contributed by atoms with E-state index in [2.05, 4.69) is 10.1 Å². The van der Waals surface area contributed by atoms with E-state index in [1.54, 1.807) is 18.3 Å². The van der Waals surface area contributed by atoms with Gasteiger partial charge >= 0.3 is 0 Å². The van der Waals surface area contributed by atoms with Gasteiger partial charge < -0.3 is 9.42 Å². The van der Waals surface area contributed by atoms with Crippen molar-refractivity contribution in [3.8, 4) is 0 Å². The van der Waals surface area contributed by atoms with E-state index in [0.717, 1.165) is 30.8 Å². The van der Waals surface area contributed by atoms with Gasteiger partial charge in [0.15, 0.2) is 5.82 Å². The average Bonchev–Trinajstić information content (AvgIpc) is 3.17. The first-order valence-corrected chi connectivity index (χ1v) is 8.20. The number of nitrogens with zero attached hydrogens (tertiary/aromatic N) is 3. The van der Waals surface area contributed by atoms with Gasteiger partial charge in [0.25, 0.3) is 0 Å². The van der Waals surface area contributed by atoms with Crippen LogP contribution in [0.3, 0.4) is 0 Å². The summed E-state index contributed by atoms with van der Waals surface area (Å²) in [7, 11) is 0. The Morgan fingerprint density at radius 1 is 1.57 bits per heavy atom. The van der Waals surface area contributed by atoms with Crippen LogP contribution in [0, 0.1) is 6.92 Å². The summed E-state index contributed by atoms with van der Waals surface area (Å²) in [5, 5.41) is 8.07. The molecule has 3 heterocycles. The molecule has 0 N–H and O–H groups in total. The summed E-state index contributed by atoms with van der Waals surface area (Å²) in [6.45, 7) is 5.28. The van der Waals surface area contributed by atoms with Crippen molar-refractivity contribution in [3.63, 3.8) is 0 Å². The van der Waals surface area contributed by atoms with E-state index in [4.69, 9.17) is 4.52 Å². The van der Waals surface area contributed by atoms with Crippen LogP contribution in [0.5, 0.6) is 0 Å². The van der Waals surface area contributed by atoms with Gasteiger partial charge in [0, 0.05) is 25.9 Å². The molecule has 1 aliphatic heterocycles. The van der Waals surface area contributed by atoms with Gasteiger partial charge in [-0.25, -0.2) is 0 Å². The number of amides is 1. The highest BCUT2D eigenvalue weighted by atomic mass is 32.1. The predicted molar refractivity (Wildman–Crippen MR) is 80.3 cm³/mol. The Morgan fingerprint density at radius 3 is 3.10 bits per heavy atom. The second-order valence-corrected chi connectivity index (χ2v) is 6.35. The van der Waals surface area contributed by atoms with E-state index in [1.807, 2.05) is 28.7 Å². The molecule has 1 amide bonds. The summed E-state index contributed by atoms with van der Waals surface area (Å²) in [6.07, 6.45) is 2.00. The third kappa shape index (κ3) is 3.00. The zero-order chi connectivity index (χ0) is 14.8. The molecular weight excluding hydrogens is 286 g/mol. The number of hydrogen-bond acceptors (Lipinski definition) is 5. The molecule has 5 nitrogen and oxygen atoms in total. The third-order valence-corrected chi connectivity index (χ3v) is 4.76. The number of carbonyl (C=O) groups is 1. The predicted octanol–water partition coefficient (Wildman–Crippen LogP) is 2.95. The molecule has 2 aromatic rings. The van der Waals surface area contributed by atoms with Crippen molar-refractivity contribution in [2.75, 3.05) is 13.1 Å². The van der Waals surface area contributed by atoms with Crippen molar-refractivity contribution >= 4 is 17.2 Å². The van der Waals surface area contributed by atoms with Gasteiger partial charge in [0.2, 0.25) is 11.8 Å². The minimum Gasteiger partial charge on any atom is -0.341 e. The monoisotopic (exact) mass is 305 g/mol. The van der Waals surface area contributed by atoms with Crippen LogP contribution < -0.4 is 0 Å². The minimum absolute atomic E-state index is 0.0815. The Bertz CT molecular complexity index is 608. The highest BCUT2D eigenvalue weighted by Gasteiger charge is 2.30. The number of piperidine rings is 1. The first-order valence-electron chi connectivity index (χ1n) is 7.26. The fourth-order valence-corrected chi connectivity index (χ4v) is 3.56. The topological polar surface area (TPSA) is 59.2 Å². The van der Waals surface area contributed by atoms with Crippen molar-refractivity contribution in [2.45, 2.75) is 38.5 Å². The van der Waals surface area contributed by atoms with Gasteiger partial charge in [0.05, 0.1) is 5.92 Å². The largest absolute Gasteiger partial charge is 0.341 e. The Morgan fingerprint density at radius 2 is 2.43 bits per heavy atom. The molecule has 1 fully saturated rings. The molecule has 0 aromatic carbocycles. The van der Waals surface area contributed by atoms with Crippen LogP contribution in [0.4, 0.5) is 0 Å². The normalized spacial score (nSPS) is 20.5. The highest BCUT2D eigenvalue weighted by molar-refractivity contribution is 7.08. The molecule has 6 heteroatoms. The molecular formula is C15H19N3O2S. The van der Waals surface area contributed by atoms with E-state index in [0.29, 0.717) is 12.4 Å². The van der Waals surface area contributed by atoms with Crippen LogP contribution in [0.15, 0.2) is 21.3 Å². The van der Waals surface area contributed by atoms with Crippen LogP contribution in [0.2, 0.25) is 0 Å². The molecule has 0 aliphatic carbocycles. The van der Waals surface area contributed by atoms with Gasteiger partial charge in [-0.15, -0.1) is 0 Å². The number of thiophene rings is 1. The van der Waals surface area contributed by atoms with Crippen LogP contribution in [0.1, 0.15) is 48.9 Å². The van der Waals surface area contributed by atoms with Crippen molar-refractivity contribution in [2.24, 2.45) is 0 Å². The van der Waals surface area contributed by atoms with Crippen LogP contribution in [-0.2, 0) is 4.79 Å². The lowest BCUT2D eigenvalue weighted by molar-refractivity contribution is -0.133. The smallest absolute Gasteiger partial charge is 0.229 e. The van der Waals surface area contributed by atoms with E-state index < -0.39 is 0 Å². The van der Waals surface area contributed by atoms with E-state index in [9.17, 15) is 4.79 Å².